The third-order valence-corrected chi connectivity index (χ3v) is 2.66. The van der Waals surface area contributed by atoms with E-state index in [1.807, 2.05) is 6.08 Å². The van der Waals surface area contributed by atoms with Gasteiger partial charge in [0.15, 0.2) is 0 Å². The molecule has 1 aliphatic rings. The molecule has 0 radical (unpaired) electrons. The molecular formula is C11H21NO2. The molecule has 0 aromatic heterocycles. The van der Waals surface area contributed by atoms with Gasteiger partial charge in [-0.3, -0.25) is 4.90 Å². The Balaban J connectivity index is 2.25. The van der Waals surface area contributed by atoms with Crippen LogP contribution < -0.4 is 0 Å². The quantitative estimate of drug-likeness (QED) is 0.645. The van der Waals surface area contributed by atoms with E-state index in [0.717, 1.165) is 51.6 Å². The summed E-state index contributed by atoms with van der Waals surface area (Å²) in [7, 11) is 0. The smallest absolute Gasteiger partial charge is 0.0558 e. The van der Waals surface area contributed by atoms with Gasteiger partial charge in [0, 0.05) is 32.8 Å². The average Bonchev–Trinajstić information content (AvgIpc) is 2.20. The molecule has 3 nitrogen and oxygen atoms in total. The van der Waals surface area contributed by atoms with Gasteiger partial charge in [0.1, 0.15) is 0 Å². The van der Waals surface area contributed by atoms with Crippen LogP contribution in [0.4, 0.5) is 0 Å². The number of ether oxygens (including phenoxy) is 1. The highest BCUT2D eigenvalue weighted by Gasteiger charge is 2.16. The first-order valence-electron chi connectivity index (χ1n) is 5.38. The molecule has 1 heterocycles. The predicted octanol–water partition coefficient (Wildman–Crippen LogP) is 0.893. The largest absolute Gasteiger partial charge is 0.395 e. The molecule has 0 aromatic carbocycles. The maximum atomic E-state index is 8.89. The lowest BCUT2D eigenvalue weighted by molar-refractivity contribution is 0.0518. The van der Waals surface area contributed by atoms with E-state index in [1.54, 1.807) is 0 Å². The highest BCUT2D eigenvalue weighted by Crippen LogP contribution is 2.15. The first-order chi connectivity index (χ1) is 6.86. The highest BCUT2D eigenvalue weighted by atomic mass is 16.5. The second kappa shape index (κ2) is 6.98. The number of nitrogens with zero attached hydrogens (tertiary/aromatic N) is 1. The maximum Gasteiger partial charge on any atom is 0.0558 e. The van der Waals surface area contributed by atoms with E-state index < -0.39 is 0 Å². The topological polar surface area (TPSA) is 32.7 Å². The molecule has 1 aliphatic heterocycles. The van der Waals surface area contributed by atoms with Crippen LogP contribution in [0.1, 0.15) is 12.8 Å². The van der Waals surface area contributed by atoms with Crippen molar-refractivity contribution in [2.45, 2.75) is 12.8 Å². The summed E-state index contributed by atoms with van der Waals surface area (Å²) in [5.74, 6) is 0.732. The Hall–Kier alpha value is -0.380. The molecule has 82 valence electrons. The Morgan fingerprint density at radius 1 is 1.43 bits per heavy atom. The van der Waals surface area contributed by atoms with Crippen LogP contribution in [0.5, 0.6) is 0 Å². The normalized spacial score (nSPS) is 18.7. The summed E-state index contributed by atoms with van der Waals surface area (Å²) in [5.41, 5.74) is 0. The molecule has 0 bridgehead atoms. The Morgan fingerprint density at radius 2 is 2.14 bits per heavy atom. The molecule has 0 aromatic rings. The van der Waals surface area contributed by atoms with Gasteiger partial charge in [0.05, 0.1) is 6.61 Å². The molecule has 1 fully saturated rings. The van der Waals surface area contributed by atoms with Crippen molar-refractivity contribution in [2.24, 2.45) is 5.92 Å². The van der Waals surface area contributed by atoms with E-state index >= 15 is 0 Å². The Labute approximate surface area is 86.4 Å². The van der Waals surface area contributed by atoms with Crippen LogP contribution in [0.15, 0.2) is 12.7 Å². The lowest BCUT2D eigenvalue weighted by Crippen LogP contribution is -2.34. The number of aliphatic hydroxyl groups is 1. The van der Waals surface area contributed by atoms with Crippen LogP contribution in [0.2, 0.25) is 0 Å². The van der Waals surface area contributed by atoms with Gasteiger partial charge >= 0.3 is 0 Å². The third-order valence-electron chi connectivity index (χ3n) is 2.66. The predicted molar refractivity (Wildman–Crippen MR) is 57.3 cm³/mol. The van der Waals surface area contributed by atoms with Crippen molar-refractivity contribution in [1.82, 2.24) is 4.90 Å². The van der Waals surface area contributed by atoms with E-state index in [9.17, 15) is 0 Å². The molecule has 1 saturated heterocycles. The molecule has 0 unspecified atom stereocenters. The first kappa shape index (κ1) is 11.7. The second-order valence-corrected chi connectivity index (χ2v) is 3.83. The Morgan fingerprint density at radius 3 is 2.71 bits per heavy atom. The van der Waals surface area contributed by atoms with Crippen LogP contribution >= 0.6 is 0 Å². The van der Waals surface area contributed by atoms with Crippen molar-refractivity contribution in [3.8, 4) is 0 Å². The zero-order valence-electron chi connectivity index (χ0n) is 8.82. The number of aliphatic hydroxyl groups excluding tert-OH is 1. The number of hydrogen-bond acceptors (Lipinski definition) is 3. The van der Waals surface area contributed by atoms with Crippen LogP contribution in [-0.2, 0) is 4.74 Å². The fraction of sp³-hybridized carbons (Fsp3) is 0.818. The molecular weight excluding hydrogens is 178 g/mol. The molecule has 0 atom stereocenters. The third kappa shape index (κ3) is 4.22. The molecule has 14 heavy (non-hydrogen) atoms. The zero-order valence-corrected chi connectivity index (χ0v) is 8.82. The Bertz CT molecular complexity index is 155. The molecule has 1 N–H and O–H groups in total. The van der Waals surface area contributed by atoms with Gasteiger partial charge < -0.3 is 9.84 Å². The van der Waals surface area contributed by atoms with Gasteiger partial charge in [-0.1, -0.05) is 6.08 Å². The number of rotatable bonds is 6. The lowest BCUT2D eigenvalue weighted by atomic mass is 10.00. The maximum absolute atomic E-state index is 8.89. The minimum atomic E-state index is 0.233. The van der Waals surface area contributed by atoms with Crippen molar-refractivity contribution < 1.29 is 9.84 Å². The molecule has 0 aliphatic carbocycles. The van der Waals surface area contributed by atoms with E-state index in [-0.39, 0.29) is 6.61 Å². The summed E-state index contributed by atoms with van der Waals surface area (Å²) in [6, 6.07) is 0. The summed E-state index contributed by atoms with van der Waals surface area (Å²) in [5, 5.41) is 8.89. The van der Waals surface area contributed by atoms with Gasteiger partial charge in [0.2, 0.25) is 0 Å². The minimum absolute atomic E-state index is 0.233. The molecule has 0 saturated carbocycles. The number of hydrogen-bond donors (Lipinski definition) is 1. The molecule has 1 rings (SSSR count). The first-order valence-corrected chi connectivity index (χ1v) is 5.38. The van der Waals surface area contributed by atoms with E-state index in [0.29, 0.717) is 0 Å². The fourth-order valence-electron chi connectivity index (χ4n) is 1.88. The average molecular weight is 199 g/mol. The van der Waals surface area contributed by atoms with Gasteiger partial charge in [0.25, 0.3) is 0 Å². The van der Waals surface area contributed by atoms with E-state index in [1.165, 1.54) is 0 Å². The summed E-state index contributed by atoms with van der Waals surface area (Å²) in [4.78, 5) is 2.25. The van der Waals surface area contributed by atoms with Crippen molar-refractivity contribution in [1.29, 1.82) is 0 Å². The second-order valence-electron chi connectivity index (χ2n) is 3.83. The molecule has 3 heteroatoms. The van der Waals surface area contributed by atoms with Crippen LogP contribution in [0.25, 0.3) is 0 Å². The van der Waals surface area contributed by atoms with Gasteiger partial charge in [-0.15, -0.1) is 6.58 Å². The van der Waals surface area contributed by atoms with Crippen molar-refractivity contribution >= 4 is 0 Å². The SMILES string of the molecule is C=CCN(CCO)CC1CCOCC1. The van der Waals surface area contributed by atoms with Gasteiger partial charge in [-0.05, 0) is 18.8 Å². The lowest BCUT2D eigenvalue weighted by Gasteiger charge is -2.28. The summed E-state index contributed by atoms with van der Waals surface area (Å²) in [6.45, 7) is 8.44. The van der Waals surface area contributed by atoms with E-state index in [2.05, 4.69) is 11.5 Å². The van der Waals surface area contributed by atoms with Crippen LogP contribution in [0, 0.1) is 5.92 Å². The van der Waals surface area contributed by atoms with E-state index in [4.69, 9.17) is 9.84 Å². The van der Waals surface area contributed by atoms with Crippen molar-refractivity contribution in [2.75, 3.05) is 39.5 Å². The minimum Gasteiger partial charge on any atom is -0.395 e. The van der Waals surface area contributed by atoms with Gasteiger partial charge in [-0.25, -0.2) is 0 Å². The monoisotopic (exact) mass is 199 g/mol. The highest BCUT2D eigenvalue weighted by molar-refractivity contribution is 4.76. The standard InChI is InChI=1S/C11H21NO2/c1-2-5-12(6-7-13)10-11-3-8-14-9-4-11/h2,11,13H,1,3-10H2. The fourth-order valence-corrected chi connectivity index (χ4v) is 1.88. The molecule has 0 amide bonds. The van der Waals surface area contributed by atoms with Crippen LogP contribution in [-0.4, -0.2) is 49.5 Å². The Kier molecular flexibility index (Phi) is 5.83. The summed E-state index contributed by atoms with van der Waals surface area (Å²) >= 11 is 0. The summed E-state index contributed by atoms with van der Waals surface area (Å²) in [6.07, 6.45) is 4.20. The van der Waals surface area contributed by atoms with Crippen molar-refractivity contribution in [3.63, 3.8) is 0 Å². The van der Waals surface area contributed by atoms with Crippen LogP contribution in [0.3, 0.4) is 0 Å². The van der Waals surface area contributed by atoms with Crippen molar-refractivity contribution in [3.05, 3.63) is 12.7 Å². The summed E-state index contributed by atoms with van der Waals surface area (Å²) < 4.78 is 5.31. The van der Waals surface area contributed by atoms with Gasteiger partial charge in [-0.2, -0.15) is 0 Å². The zero-order chi connectivity index (χ0) is 10.2. The molecule has 0 spiro atoms.